The summed E-state index contributed by atoms with van der Waals surface area (Å²) in [6.45, 7) is 0.283. The fraction of sp³-hybridized carbons (Fsp3) is 0.0952. The van der Waals surface area contributed by atoms with Crippen LogP contribution in [0.25, 0.3) is 0 Å². The normalized spacial score (nSPS) is 10.2. The van der Waals surface area contributed by atoms with Gasteiger partial charge in [-0.3, -0.25) is 4.79 Å². The summed E-state index contributed by atoms with van der Waals surface area (Å²) in [6.07, 6.45) is 1.51. The van der Waals surface area contributed by atoms with Gasteiger partial charge in [-0.05, 0) is 48.0 Å². The first kappa shape index (κ1) is 19.0. The van der Waals surface area contributed by atoms with Crippen LogP contribution in [0.4, 0.5) is 15.9 Å². The molecule has 0 atom stereocenters. The molecule has 0 bridgehead atoms. The summed E-state index contributed by atoms with van der Waals surface area (Å²) < 4.78 is 17.6. The summed E-state index contributed by atoms with van der Waals surface area (Å²) in [5.41, 5.74) is 2.26. The molecule has 7 heteroatoms. The lowest BCUT2D eigenvalue weighted by Gasteiger charge is -2.09. The first-order valence-corrected chi connectivity index (χ1v) is 8.49. The summed E-state index contributed by atoms with van der Waals surface area (Å²) in [4.78, 5) is 28.2. The van der Waals surface area contributed by atoms with Gasteiger partial charge in [0.15, 0.2) is 0 Å². The lowest BCUT2D eigenvalue weighted by atomic mass is 10.2. The molecule has 0 saturated carbocycles. The van der Waals surface area contributed by atoms with Crippen LogP contribution in [-0.4, -0.2) is 24.0 Å². The largest absolute Gasteiger partial charge is 0.465 e. The minimum atomic E-state index is -0.439. The third kappa shape index (κ3) is 4.91. The minimum Gasteiger partial charge on any atom is -0.465 e. The molecule has 0 aliphatic rings. The van der Waals surface area contributed by atoms with Gasteiger partial charge in [0.05, 0.1) is 12.7 Å². The number of carbonyl (C=O) groups excluding carboxylic acids is 2. The van der Waals surface area contributed by atoms with Crippen LogP contribution in [0.2, 0.25) is 0 Å². The summed E-state index contributed by atoms with van der Waals surface area (Å²) in [6, 6.07) is 15.9. The van der Waals surface area contributed by atoms with E-state index in [0.29, 0.717) is 22.6 Å². The predicted molar refractivity (Wildman–Crippen MR) is 103 cm³/mol. The number of methoxy groups -OCH3 is 1. The molecule has 28 heavy (non-hydrogen) atoms. The monoisotopic (exact) mass is 379 g/mol. The topological polar surface area (TPSA) is 80.3 Å². The van der Waals surface area contributed by atoms with Crippen molar-refractivity contribution in [1.29, 1.82) is 0 Å². The Morgan fingerprint density at radius 1 is 1.04 bits per heavy atom. The first-order chi connectivity index (χ1) is 13.5. The quantitative estimate of drug-likeness (QED) is 0.639. The molecule has 3 aromatic rings. The predicted octanol–water partition coefficient (Wildman–Crippen LogP) is 3.68. The average molecular weight is 379 g/mol. The van der Waals surface area contributed by atoms with E-state index < -0.39 is 5.97 Å². The molecule has 0 radical (unpaired) electrons. The van der Waals surface area contributed by atoms with Crippen LogP contribution in [0.15, 0.2) is 66.9 Å². The Balaban J connectivity index is 1.67. The van der Waals surface area contributed by atoms with Gasteiger partial charge in [0.2, 0.25) is 0 Å². The molecule has 142 valence electrons. The molecule has 1 aromatic heterocycles. The number of ether oxygens (including phenoxy) is 1. The lowest BCUT2D eigenvalue weighted by Crippen LogP contribution is -2.22. The molecule has 1 amide bonds. The lowest BCUT2D eigenvalue weighted by molar-refractivity contribution is 0.0600. The van der Waals surface area contributed by atoms with Crippen molar-refractivity contribution in [3.8, 4) is 0 Å². The van der Waals surface area contributed by atoms with E-state index in [1.807, 2.05) is 0 Å². The Morgan fingerprint density at radius 2 is 1.82 bits per heavy atom. The fourth-order valence-corrected chi connectivity index (χ4v) is 2.52. The molecule has 1 heterocycles. The zero-order valence-corrected chi connectivity index (χ0v) is 15.1. The molecule has 3 rings (SSSR count). The van der Waals surface area contributed by atoms with E-state index in [-0.39, 0.29) is 18.3 Å². The van der Waals surface area contributed by atoms with Gasteiger partial charge in [0, 0.05) is 24.0 Å². The number of aromatic nitrogens is 1. The van der Waals surface area contributed by atoms with Gasteiger partial charge in [0.1, 0.15) is 11.6 Å². The molecule has 0 unspecified atom stereocenters. The molecular formula is C21H18FN3O3. The molecule has 0 aliphatic carbocycles. The zero-order chi connectivity index (χ0) is 19.9. The van der Waals surface area contributed by atoms with Gasteiger partial charge in [0.25, 0.3) is 5.91 Å². The Bertz CT molecular complexity index is 990. The molecule has 0 saturated heterocycles. The maximum Gasteiger partial charge on any atom is 0.337 e. The summed E-state index contributed by atoms with van der Waals surface area (Å²) in [5.74, 6) is -0.587. The SMILES string of the molecule is COC(=O)c1cccc(Nc2cc(C(=O)NCc3ccc(F)cc3)ccn2)c1. The molecule has 0 aliphatic heterocycles. The van der Waals surface area contributed by atoms with Crippen molar-refractivity contribution >= 4 is 23.4 Å². The van der Waals surface area contributed by atoms with E-state index in [1.54, 1.807) is 48.5 Å². The maximum atomic E-state index is 12.9. The van der Waals surface area contributed by atoms with Gasteiger partial charge in [-0.25, -0.2) is 14.2 Å². The zero-order valence-electron chi connectivity index (χ0n) is 15.1. The van der Waals surface area contributed by atoms with Crippen LogP contribution in [0.3, 0.4) is 0 Å². The van der Waals surface area contributed by atoms with Crippen LogP contribution in [-0.2, 0) is 11.3 Å². The fourth-order valence-electron chi connectivity index (χ4n) is 2.52. The smallest absolute Gasteiger partial charge is 0.337 e. The van der Waals surface area contributed by atoms with Gasteiger partial charge >= 0.3 is 5.97 Å². The number of nitrogens with one attached hydrogen (secondary N) is 2. The van der Waals surface area contributed by atoms with E-state index in [1.165, 1.54) is 25.4 Å². The van der Waals surface area contributed by atoms with Gasteiger partial charge < -0.3 is 15.4 Å². The highest BCUT2D eigenvalue weighted by molar-refractivity contribution is 5.95. The number of nitrogens with zero attached hydrogens (tertiary/aromatic N) is 1. The Labute approximate surface area is 161 Å². The average Bonchev–Trinajstić information content (AvgIpc) is 2.73. The van der Waals surface area contributed by atoms with Gasteiger partial charge in [-0.15, -0.1) is 0 Å². The number of hydrogen-bond acceptors (Lipinski definition) is 5. The van der Waals surface area contributed by atoms with Crippen molar-refractivity contribution in [2.45, 2.75) is 6.54 Å². The van der Waals surface area contributed by atoms with Crippen molar-refractivity contribution < 1.29 is 18.7 Å². The van der Waals surface area contributed by atoms with Gasteiger partial charge in [-0.1, -0.05) is 18.2 Å². The third-order valence-corrected chi connectivity index (χ3v) is 3.94. The van der Waals surface area contributed by atoms with Crippen LogP contribution in [0, 0.1) is 5.82 Å². The second-order valence-electron chi connectivity index (χ2n) is 5.94. The molecule has 2 aromatic carbocycles. The van der Waals surface area contributed by atoms with Crippen molar-refractivity contribution in [3.05, 3.63) is 89.4 Å². The molecule has 2 N–H and O–H groups in total. The number of benzene rings is 2. The van der Waals surface area contributed by atoms with Crippen molar-refractivity contribution in [2.75, 3.05) is 12.4 Å². The number of rotatable bonds is 6. The van der Waals surface area contributed by atoms with E-state index in [0.717, 1.165) is 5.56 Å². The molecule has 6 nitrogen and oxygen atoms in total. The molecular weight excluding hydrogens is 361 g/mol. The Hall–Kier alpha value is -3.74. The minimum absolute atomic E-state index is 0.280. The van der Waals surface area contributed by atoms with Gasteiger partial charge in [-0.2, -0.15) is 0 Å². The summed E-state index contributed by atoms with van der Waals surface area (Å²) in [5, 5.41) is 5.84. The summed E-state index contributed by atoms with van der Waals surface area (Å²) >= 11 is 0. The van der Waals surface area contributed by atoms with E-state index in [9.17, 15) is 14.0 Å². The number of anilines is 2. The first-order valence-electron chi connectivity index (χ1n) is 8.49. The van der Waals surface area contributed by atoms with Crippen molar-refractivity contribution in [2.24, 2.45) is 0 Å². The second kappa shape index (κ2) is 8.77. The maximum absolute atomic E-state index is 12.9. The van der Waals surface area contributed by atoms with Crippen LogP contribution in [0.5, 0.6) is 0 Å². The molecule has 0 fully saturated rings. The van der Waals surface area contributed by atoms with Crippen LogP contribution in [0.1, 0.15) is 26.3 Å². The molecule has 0 spiro atoms. The second-order valence-corrected chi connectivity index (χ2v) is 5.94. The van der Waals surface area contributed by atoms with Crippen molar-refractivity contribution in [1.82, 2.24) is 10.3 Å². The Kier molecular flexibility index (Phi) is 5.96. The number of esters is 1. The van der Waals surface area contributed by atoms with Crippen LogP contribution < -0.4 is 10.6 Å². The number of hydrogen-bond donors (Lipinski definition) is 2. The van der Waals surface area contributed by atoms with E-state index >= 15 is 0 Å². The Morgan fingerprint density at radius 3 is 2.57 bits per heavy atom. The number of halogens is 1. The summed E-state index contributed by atoms with van der Waals surface area (Å²) in [7, 11) is 1.32. The van der Waals surface area contributed by atoms with E-state index in [2.05, 4.69) is 15.6 Å². The third-order valence-electron chi connectivity index (χ3n) is 3.94. The van der Waals surface area contributed by atoms with Crippen molar-refractivity contribution in [3.63, 3.8) is 0 Å². The highest BCUT2D eigenvalue weighted by Crippen LogP contribution is 2.17. The number of amides is 1. The standard InChI is InChI=1S/C21H18FN3O3/c1-28-21(27)16-3-2-4-18(11-16)25-19-12-15(9-10-23-19)20(26)24-13-14-5-7-17(22)8-6-14/h2-12H,13H2,1H3,(H,23,25)(H,24,26). The number of carbonyl (C=O) groups is 2. The highest BCUT2D eigenvalue weighted by Gasteiger charge is 2.09. The highest BCUT2D eigenvalue weighted by atomic mass is 19.1. The number of pyridine rings is 1. The van der Waals surface area contributed by atoms with E-state index in [4.69, 9.17) is 4.74 Å². The van der Waals surface area contributed by atoms with Crippen LogP contribution >= 0.6 is 0 Å².